The number of anilines is 1. The van der Waals surface area contributed by atoms with Gasteiger partial charge in [0.1, 0.15) is 0 Å². The van der Waals surface area contributed by atoms with Crippen molar-refractivity contribution in [3.05, 3.63) is 6.07 Å². The molecule has 0 spiro atoms. The molecule has 0 bridgehead atoms. The minimum atomic E-state index is 0.496. The molecule has 18 heavy (non-hydrogen) atoms. The van der Waals surface area contributed by atoms with Crippen LogP contribution in [-0.4, -0.2) is 43.8 Å². The van der Waals surface area contributed by atoms with Crippen LogP contribution in [0.5, 0.6) is 11.8 Å². The third-order valence-corrected chi connectivity index (χ3v) is 2.55. The maximum Gasteiger partial charge on any atom is 0.232 e. The van der Waals surface area contributed by atoms with Crippen molar-refractivity contribution in [2.75, 3.05) is 38.8 Å². The SMILES string of the molecule is CCCCN(CCN)c1nc(OC)cc(OC)n1. The average molecular weight is 254 g/mol. The molecule has 1 heterocycles. The van der Waals surface area contributed by atoms with Gasteiger partial charge in [-0.25, -0.2) is 0 Å². The molecule has 0 radical (unpaired) electrons. The minimum absolute atomic E-state index is 0.496. The number of rotatable bonds is 8. The van der Waals surface area contributed by atoms with Crippen molar-refractivity contribution in [1.82, 2.24) is 9.97 Å². The normalized spacial score (nSPS) is 10.2. The summed E-state index contributed by atoms with van der Waals surface area (Å²) in [5.41, 5.74) is 5.62. The summed E-state index contributed by atoms with van der Waals surface area (Å²) in [7, 11) is 3.15. The zero-order valence-electron chi connectivity index (χ0n) is 11.3. The second kappa shape index (κ2) is 7.71. The van der Waals surface area contributed by atoms with E-state index in [0.717, 1.165) is 25.9 Å². The lowest BCUT2D eigenvalue weighted by atomic mass is 10.3. The Balaban J connectivity index is 2.93. The molecular weight excluding hydrogens is 232 g/mol. The Hall–Kier alpha value is -1.56. The molecule has 0 aromatic carbocycles. The molecule has 0 unspecified atom stereocenters. The number of aromatic nitrogens is 2. The summed E-state index contributed by atoms with van der Waals surface area (Å²) in [6.45, 7) is 4.31. The predicted molar refractivity (Wildman–Crippen MR) is 71.3 cm³/mol. The Labute approximate surface area is 108 Å². The maximum absolute atomic E-state index is 5.62. The maximum atomic E-state index is 5.62. The fraction of sp³-hybridized carbons (Fsp3) is 0.667. The van der Waals surface area contributed by atoms with Crippen LogP contribution in [0.2, 0.25) is 0 Å². The van der Waals surface area contributed by atoms with Gasteiger partial charge in [0, 0.05) is 19.6 Å². The quantitative estimate of drug-likeness (QED) is 0.747. The molecule has 1 aromatic rings. The van der Waals surface area contributed by atoms with E-state index in [1.807, 2.05) is 0 Å². The molecule has 0 fully saturated rings. The predicted octanol–water partition coefficient (Wildman–Crippen LogP) is 1.06. The molecule has 0 saturated heterocycles. The molecule has 0 atom stereocenters. The van der Waals surface area contributed by atoms with Crippen LogP contribution in [-0.2, 0) is 0 Å². The first-order chi connectivity index (χ1) is 8.74. The summed E-state index contributed by atoms with van der Waals surface area (Å²) < 4.78 is 10.3. The van der Waals surface area contributed by atoms with E-state index in [9.17, 15) is 0 Å². The zero-order chi connectivity index (χ0) is 13.4. The van der Waals surface area contributed by atoms with E-state index >= 15 is 0 Å². The van der Waals surface area contributed by atoms with Gasteiger partial charge in [-0.2, -0.15) is 9.97 Å². The Bertz CT molecular complexity index is 338. The number of unbranched alkanes of at least 4 members (excludes halogenated alkanes) is 1. The van der Waals surface area contributed by atoms with Crippen LogP contribution in [0.3, 0.4) is 0 Å². The van der Waals surface area contributed by atoms with E-state index < -0.39 is 0 Å². The molecule has 0 aliphatic rings. The smallest absolute Gasteiger partial charge is 0.232 e. The Morgan fingerprint density at radius 3 is 2.22 bits per heavy atom. The van der Waals surface area contributed by atoms with Crippen molar-refractivity contribution in [3.8, 4) is 11.8 Å². The summed E-state index contributed by atoms with van der Waals surface area (Å²) in [5.74, 6) is 1.59. The number of hydrogen-bond donors (Lipinski definition) is 1. The van der Waals surface area contributed by atoms with Gasteiger partial charge >= 0.3 is 0 Å². The number of nitrogens with zero attached hydrogens (tertiary/aromatic N) is 3. The number of hydrogen-bond acceptors (Lipinski definition) is 6. The molecule has 2 N–H and O–H groups in total. The highest BCUT2D eigenvalue weighted by Gasteiger charge is 2.12. The highest BCUT2D eigenvalue weighted by molar-refractivity contribution is 5.36. The lowest BCUT2D eigenvalue weighted by Crippen LogP contribution is -2.32. The van der Waals surface area contributed by atoms with E-state index in [-0.39, 0.29) is 0 Å². The van der Waals surface area contributed by atoms with Gasteiger partial charge in [0.05, 0.1) is 20.3 Å². The van der Waals surface area contributed by atoms with Gasteiger partial charge in [0.2, 0.25) is 17.7 Å². The van der Waals surface area contributed by atoms with E-state index in [1.165, 1.54) is 0 Å². The average Bonchev–Trinajstić information content (AvgIpc) is 2.42. The van der Waals surface area contributed by atoms with Crippen molar-refractivity contribution in [3.63, 3.8) is 0 Å². The molecule has 0 saturated carbocycles. The van der Waals surface area contributed by atoms with Crippen LogP contribution >= 0.6 is 0 Å². The lowest BCUT2D eigenvalue weighted by molar-refractivity contribution is 0.371. The van der Waals surface area contributed by atoms with E-state index in [1.54, 1.807) is 20.3 Å². The van der Waals surface area contributed by atoms with Gasteiger partial charge in [-0.1, -0.05) is 13.3 Å². The van der Waals surface area contributed by atoms with Crippen molar-refractivity contribution < 1.29 is 9.47 Å². The van der Waals surface area contributed by atoms with Crippen LogP contribution in [0, 0.1) is 0 Å². The molecule has 6 nitrogen and oxygen atoms in total. The van der Waals surface area contributed by atoms with Crippen LogP contribution in [0.15, 0.2) is 6.07 Å². The Morgan fingerprint density at radius 2 is 1.78 bits per heavy atom. The second-order valence-corrected chi connectivity index (χ2v) is 3.88. The standard InChI is InChI=1S/C12H22N4O2/c1-4-5-7-16(8-6-13)12-14-10(17-2)9-11(15-12)18-3/h9H,4-8,13H2,1-3H3. The summed E-state index contributed by atoms with van der Waals surface area (Å²) in [6.07, 6.45) is 2.19. The molecule has 0 aliphatic carbocycles. The molecule has 6 heteroatoms. The van der Waals surface area contributed by atoms with Crippen LogP contribution in [0.4, 0.5) is 5.95 Å². The number of methoxy groups -OCH3 is 2. The van der Waals surface area contributed by atoms with E-state index in [2.05, 4.69) is 21.8 Å². The first-order valence-electron chi connectivity index (χ1n) is 6.17. The summed E-state index contributed by atoms with van der Waals surface area (Å²) in [6, 6.07) is 1.66. The van der Waals surface area contributed by atoms with Crippen molar-refractivity contribution in [2.24, 2.45) is 5.73 Å². The second-order valence-electron chi connectivity index (χ2n) is 3.88. The van der Waals surface area contributed by atoms with Gasteiger partial charge in [0.15, 0.2) is 0 Å². The van der Waals surface area contributed by atoms with E-state index in [4.69, 9.17) is 15.2 Å². The molecule has 1 aromatic heterocycles. The van der Waals surface area contributed by atoms with Gasteiger partial charge in [-0.3, -0.25) is 0 Å². The lowest BCUT2D eigenvalue weighted by Gasteiger charge is -2.22. The van der Waals surface area contributed by atoms with Gasteiger partial charge in [-0.15, -0.1) is 0 Å². The Kier molecular flexibility index (Phi) is 6.21. The topological polar surface area (TPSA) is 73.5 Å². The van der Waals surface area contributed by atoms with Crippen molar-refractivity contribution in [1.29, 1.82) is 0 Å². The molecule has 0 amide bonds. The van der Waals surface area contributed by atoms with Gasteiger partial charge in [-0.05, 0) is 6.42 Å². The Morgan fingerprint density at radius 1 is 1.17 bits per heavy atom. The highest BCUT2D eigenvalue weighted by atomic mass is 16.5. The third-order valence-electron chi connectivity index (χ3n) is 2.55. The zero-order valence-corrected chi connectivity index (χ0v) is 11.3. The monoisotopic (exact) mass is 254 g/mol. The minimum Gasteiger partial charge on any atom is -0.481 e. The molecule has 102 valence electrons. The van der Waals surface area contributed by atoms with Crippen LogP contribution in [0.1, 0.15) is 19.8 Å². The largest absolute Gasteiger partial charge is 0.481 e. The van der Waals surface area contributed by atoms with Crippen LogP contribution < -0.4 is 20.1 Å². The summed E-state index contributed by atoms with van der Waals surface area (Å²) in [5, 5.41) is 0. The summed E-state index contributed by atoms with van der Waals surface area (Å²) in [4.78, 5) is 10.7. The highest BCUT2D eigenvalue weighted by Crippen LogP contribution is 2.20. The molecule has 1 rings (SSSR count). The number of nitrogens with two attached hydrogens (primary N) is 1. The number of ether oxygens (including phenoxy) is 2. The molecular formula is C12H22N4O2. The van der Waals surface area contributed by atoms with Gasteiger partial charge < -0.3 is 20.1 Å². The fourth-order valence-corrected chi connectivity index (χ4v) is 1.56. The third kappa shape index (κ3) is 4.03. The first-order valence-corrected chi connectivity index (χ1v) is 6.17. The fourth-order valence-electron chi connectivity index (χ4n) is 1.56. The van der Waals surface area contributed by atoms with Gasteiger partial charge in [0.25, 0.3) is 0 Å². The molecule has 0 aliphatic heterocycles. The van der Waals surface area contributed by atoms with Crippen molar-refractivity contribution >= 4 is 5.95 Å². The first kappa shape index (κ1) is 14.5. The van der Waals surface area contributed by atoms with Crippen LogP contribution in [0.25, 0.3) is 0 Å². The van der Waals surface area contributed by atoms with Crippen molar-refractivity contribution in [2.45, 2.75) is 19.8 Å². The summed E-state index contributed by atoms with van der Waals surface area (Å²) >= 11 is 0. The van der Waals surface area contributed by atoms with E-state index in [0.29, 0.717) is 24.3 Å².